The van der Waals surface area contributed by atoms with Crippen LogP contribution in [0, 0.1) is 5.41 Å². The molecule has 2 aliphatic heterocycles. The number of hydrogen-bond acceptors (Lipinski definition) is 5. The lowest BCUT2D eigenvalue weighted by atomic mass is 9.79. The van der Waals surface area contributed by atoms with Crippen molar-refractivity contribution < 1.29 is 14.3 Å². The Morgan fingerprint density at radius 3 is 2.57 bits per heavy atom. The van der Waals surface area contributed by atoms with Crippen molar-refractivity contribution in [3.8, 4) is 17.2 Å². The van der Waals surface area contributed by atoms with E-state index in [1.54, 1.807) is 14.2 Å². The number of rotatable bonds is 5. The highest BCUT2D eigenvalue weighted by molar-refractivity contribution is 9.10. The minimum absolute atomic E-state index is 0.0961. The molecule has 7 nitrogen and oxygen atoms in total. The lowest BCUT2D eigenvalue weighted by Gasteiger charge is -2.47. The van der Waals surface area contributed by atoms with Gasteiger partial charge in [0.1, 0.15) is 11.5 Å². The quantitative estimate of drug-likeness (QED) is 0.620. The van der Waals surface area contributed by atoms with Crippen molar-refractivity contribution in [3.05, 3.63) is 46.6 Å². The van der Waals surface area contributed by atoms with Crippen LogP contribution in [0.25, 0.3) is 16.6 Å². The number of carbonyl (C=O) groups is 1. The van der Waals surface area contributed by atoms with Crippen LogP contribution < -0.4 is 14.8 Å². The van der Waals surface area contributed by atoms with Crippen molar-refractivity contribution in [1.82, 2.24) is 20.0 Å². The molecule has 0 atom stereocenters. The number of methoxy groups -OCH3 is 2. The van der Waals surface area contributed by atoms with Gasteiger partial charge >= 0.3 is 0 Å². The van der Waals surface area contributed by atoms with Crippen molar-refractivity contribution in [1.29, 1.82) is 0 Å². The number of benzene rings is 2. The van der Waals surface area contributed by atoms with Gasteiger partial charge < -0.3 is 14.8 Å². The maximum Gasteiger partial charge on any atom is 0.220 e. The fourth-order valence-electron chi connectivity index (χ4n) is 4.68. The highest BCUT2D eigenvalue weighted by Gasteiger charge is 2.48. The molecule has 1 aromatic heterocycles. The first-order valence-electron chi connectivity index (χ1n) is 9.88. The fourth-order valence-corrected chi connectivity index (χ4v) is 5.14. The molecule has 30 heavy (non-hydrogen) atoms. The number of hydrogen-bond donors (Lipinski definition) is 1. The van der Waals surface area contributed by atoms with Gasteiger partial charge in [-0.3, -0.25) is 9.69 Å². The summed E-state index contributed by atoms with van der Waals surface area (Å²) < 4.78 is 14.4. The number of ether oxygens (including phenoxy) is 2. The summed E-state index contributed by atoms with van der Waals surface area (Å²) in [6.07, 6.45) is 2.47. The van der Waals surface area contributed by atoms with Crippen molar-refractivity contribution in [2.75, 3.05) is 33.9 Å². The molecule has 1 N–H and O–H groups in total. The molecule has 2 aromatic carbocycles. The van der Waals surface area contributed by atoms with Crippen LogP contribution in [-0.4, -0.2) is 54.4 Å². The number of carbonyl (C=O) groups excluding carboxylic acids is 1. The molecular formula is C22H23BrN4O3. The average molecular weight is 471 g/mol. The molecular weight excluding hydrogens is 448 g/mol. The van der Waals surface area contributed by atoms with Gasteiger partial charge in [-0.1, -0.05) is 22.0 Å². The molecule has 8 heteroatoms. The lowest BCUT2D eigenvalue weighted by Crippen LogP contribution is -2.56. The van der Waals surface area contributed by atoms with E-state index in [0.717, 1.165) is 57.8 Å². The molecule has 3 aromatic rings. The van der Waals surface area contributed by atoms with Crippen molar-refractivity contribution in [3.63, 3.8) is 0 Å². The van der Waals surface area contributed by atoms with E-state index in [1.165, 1.54) is 0 Å². The summed E-state index contributed by atoms with van der Waals surface area (Å²) in [5, 5.41) is 8.58. The van der Waals surface area contributed by atoms with Crippen LogP contribution in [0.4, 0.5) is 0 Å². The van der Waals surface area contributed by atoms with Gasteiger partial charge in [0.25, 0.3) is 0 Å². The van der Waals surface area contributed by atoms with Crippen LogP contribution in [0.3, 0.4) is 0 Å². The molecule has 1 spiro atoms. The van der Waals surface area contributed by atoms with Crippen LogP contribution in [-0.2, 0) is 11.3 Å². The van der Waals surface area contributed by atoms with Crippen molar-refractivity contribution in [2.24, 2.45) is 5.41 Å². The Balaban J connectivity index is 1.46. The fraction of sp³-hybridized carbons (Fsp3) is 0.364. The smallest absolute Gasteiger partial charge is 0.220 e. The molecule has 0 saturated carbocycles. The van der Waals surface area contributed by atoms with Gasteiger partial charge in [-0.05, 0) is 12.1 Å². The first-order valence-corrected chi connectivity index (χ1v) is 10.7. The average Bonchev–Trinajstić information content (AvgIpc) is 3.32. The molecule has 2 saturated heterocycles. The van der Waals surface area contributed by atoms with E-state index in [9.17, 15) is 4.79 Å². The number of aromatic nitrogens is 2. The minimum atomic E-state index is 0.0961. The molecule has 0 bridgehead atoms. The lowest BCUT2D eigenvalue weighted by molar-refractivity contribution is -0.120. The van der Waals surface area contributed by atoms with Crippen LogP contribution in [0.1, 0.15) is 12.0 Å². The maximum absolute atomic E-state index is 11.6. The van der Waals surface area contributed by atoms with Crippen LogP contribution in [0.2, 0.25) is 0 Å². The normalized spacial score (nSPS) is 17.9. The summed E-state index contributed by atoms with van der Waals surface area (Å²) in [6.45, 7) is 3.29. The second kappa shape index (κ2) is 7.28. The third-order valence-corrected chi connectivity index (χ3v) is 6.78. The summed E-state index contributed by atoms with van der Waals surface area (Å²) in [4.78, 5) is 13.9. The number of halogens is 1. The highest BCUT2D eigenvalue weighted by atomic mass is 79.9. The minimum Gasteiger partial charge on any atom is -0.496 e. The van der Waals surface area contributed by atoms with E-state index in [4.69, 9.17) is 9.47 Å². The summed E-state index contributed by atoms with van der Waals surface area (Å²) >= 11 is 3.59. The number of amides is 1. The first-order chi connectivity index (χ1) is 14.5. The van der Waals surface area contributed by atoms with Gasteiger partial charge in [0.2, 0.25) is 5.91 Å². The number of nitrogens with zero attached hydrogens (tertiary/aromatic N) is 3. The van der Waals surface area contributed by atoms with E-state index < -0.39 is 0 Å². The third kappa shape index (κ3) is 3.15. The van der Waals surface area contributed by atoms with Gasteiger partial charge in [-0.2, -0.15) is 5.10 Å². The zero-order valence-corrected chi connectivity index (χ0v) is 18.5. The van der Waals surface area contributed by atoms with Crippen LogP contribution in [0.5, 0.6) is 11.5 Å². The van der Waals surface area contributed by atoms with E-state index in [0.29, 0.717) is 13.0 Å². The zero-order chi connectivity index (χ0) is 20.9. The first kappa shape index (κ1) is 19.4. The van der Waals surface area contributed by atoms with Gasteiger partial charge in [-0.15, -0.1) is 0 Å². The van der Waals surface area contributed by atoms with Crippen molar-refractivity contribution in [2.45, 2.75) is 13.0 Å². The second-order valence-corrected chi connectivity index (χ2v) is 9.01. The Morgan fingerprint density at radius 2 is 1.93 bits per heavy atom. The third-order valence-electron chi connectivity index (χ3n) is 6.09. The Bertz CT molecular complexity index is 1110. The SMILES string of the molecule is COc1cc(-n2ncc3c(Br)cccc32)cc(OC)c1CN1CC2(CNC(=O)C2)C1. The Hall–Kier alpha value is -2.58. The molecule has 0 radical (unpaired) electrons. The van der Waals surface area contributed by atoms with Crippen LogP contribution in [0.15, 0.2) is 41.0 Å². The highest BCUT2D eigenvalue weighted by Crippen LogP contribution is 2.41. The van der Waals surface area contributed by atoms with Gasteiger partial charge in [0.05, 0.1) is 37.2 Å². The predicted octanol–water partition coefficient (Wildman–Crippen LogP) is 3.13. The van der Waals surface area contributed by atoms with Gasteiger partial charge in [-0.25, -0.2) is 4.68 Å². The van der Waals surface area contributed by atoms with E-state index >= 15 is 0 Å². The Labute approximate surface area is 183 Å². The molecule has 2 aliphatic rings. The van der Waals surface area contributed by atoms with Crippen LogP contribution >= 0.6 is 15.9 Å². The maximum atomic E-state index is 11.6. The monoisotopic (exact) mass is 470 g/mol. The molecule has 3 heterocycles. The summed E-state index contributed by atoms with van der Waals surface area (Å²) in [5.74, 6) is 1.70. The second-order valence-electron chi connectivity index (χ2n) is 8.16. The number of fused-ring (bicyclic) bond motifs is 1. The molecule has 2 fully saturated rings. The van der Waals surface area contributed by atoms with Gasteiger partial charge in [0, 0.05) is 60.0 Å². The summed E-state index contributed by atoms with van der Waals surface area (Å²) in [6, 6.07) is 10.0. The molecule has 5 rings (SSSR count). The summed E-state index contributed by atoms with van der Waals surface area (Å²) in [7, 11) is 3.36. The standard InChI is InChI=1S/C22H23BrN4O3/c1-29-19-6-14(27-18-5-3-4-17(23)15(18)9-25-27)7-20(30-2)16(19)10-26-12-22(13-26)8-21(28)24-11-22/h3-7,9H,8,10-13H2,1-2H3,(H,24,28). The van der Waals surface area contributed by atoms with E-state index in [-0.39, 0.29) is 11.3 Å². The molecule has 156 valence electrons. The largest absolute Gasteiger partial charge is 0.496 e. The molecule has 1 amide bonds. The topological polar surface area (TPSA) is 68.6 Å². The Kier molecular flexibility index (Phi) is 4.71. The van der Waals surface area contributed by atoms with E-state index in [1.807, 2.05) is 41.2 Å². The zero-order valence-electron chi connectivity index (χ0n) is 16.9. The summed E-state index contributed by atoms with van der Waals surface area (Å²) in [5.41, 5.74) is 2.99. The predicted molar refractivity (Wildman–Crippen MR) is 117 cm³/mol. The van der Waals surface area contributed by atoms with Crippen molar-refractivity contribution >= 4 is 32.7 Å². The number of nitrogens with one attached hydrogen (secondary N) is 1. The van der Waals surface area contributed by atoms with Gasteiger partial charge in [0.15, 0.2) is 0 Å². The number of likely N-dealkylation sites (tertiary alicyclic amines) is 1. The Morgan fingerprint density at radius 1 is 1.20 bits per heavy atom. The molecule has 0 unspecified atom stereocenters. The van der Waals surface area contributed by atoms with E-state index in [2.05, 4.69) is 31.2 Å². The molecule has 0 aliphatic carbocycles.